The predicted octanol–water partition coefficient (Wildman–Crippen LogP) is 3.29. The van der Waals surface area contributed by atoms with Gasteiger partial charge in [0.05, 0.1) is 7.11 Å². The van der Waals surface area contributed by atoms with Gasteiger partial charge in [-0.1, -0.05) is 12.8 Å². The number of nitrogens with one attached hydrogen (secondary N) is 1. The number of methoxy groups -OCH3 is 1. The molecule has 0 atom stereocenters. The first kappa shape index (κ1) is 17.9. The Morgan fingerprint density at radius 2 is 1.93 bits per heavy atom. The van der Waals surface area contributed by atoms with Gasteiger partial charge >= 0.3 is 5.97 Å². The topological polar surface area (TPSA) is 77.8 Å². The maximum Gasteiger partial charge on any atom is 0.331 e. The smallest absolute Gasteiger partial charge is 0.331 e. The molecule has 1 heterocycles. The fourth-order valence-electron chi connectivity index (χ4n) is 4.34. The molecule has 6 nitrogen and oxygen atoms in total. The number of benzene rings is 1. The largest absolute Gasteiger partial charge is 0.484 e. The molecule has 2 aromatic rings. The molecule has 1 aromatic carbocycles. The van der Waals surface area contributed by atoms with E-state index < -0.39 is 5.54 Å². The van der Waals surface area contributed by atoms with E-state index in [9.17, 15) is 9.59 Å². The first-order valence-corrected chi connectivity index (χ1v) is 9.68. The summed E-state index contributed by atoms with van der Waals surface area (Å²) in [6, 6.07) is 5.66. The van der Waals surface area contributed by atoms with Crippen molar-refractivity contribution in [1.82, 2.24) is 5.32 Å². The minimum atomic E-state index is -0.900. The molecule has 0 bridgehead atoms. The summed E-state index contributed by atoms with van der Waals surface area (Å²) in [5, 5.41) is 3.91. The van der Waals surface area contributed by atoms with Crippen molar-refractivity contribution in [3.05, 3.63) is 29.5 Å². The molecule has 2 aliphatic rings. The molecule has 1 aromatic heterocycles. The molecular weight excluding hydrogens is 346 g/mol. The number of hydrogen-bond donors (Lipinski definition) is 1. The normalized spacial score (nSPS) is 18.1. The highest BCUT2D eigenvalue weighted by molar-refractivity contribution is 5.89. The molecule has 0 aliphatic heterocycles. The van der Waals surface area contributed by atoms with Gasteiger partial charge in [-0.2, -0.15) is 0 Å². The van der Waals surface area contributed by atoms with E-state index in [4.69, 9.17) is 13.9 Å². The molecule has 144 valence electrons. The molecule has 1 saturated carbocycles. The van der Waals surface area contributed by atoms with Crippen molar-refractivity contribution in [2.24, 2.45) is 0 Å². The van der Waals surface area contributed by atoms with Gasteiger partial charge in [0.1, 0.15) is 22.6 Å². The third-order valence-electron chi connectivity index (χ3n) is 5.71. The van der Waals surface area contributed by atoms with Crippen LogP contribution in [0.3, 0.4) is 0 Å². The molecule has 1 amide bonds. The molecule has 1 fully saturated rings. The Morgan fingerprint density at radius 3 is 2.70 bits per heavy atom. The maximum atomic E-state index is 12.4. The Morgan fingerprint density at radius 1 is 1.15 bits per heavy atom. The van der Waals surface area contributed by atoms with Crippen molar-refractivity contribution in [2.75, 3.05) is 13.7 Å². The lowest BCUT2D eigenvalue weighted by molar-refractivity contribution is -0.151. The molecular formula is C21H25NO5. The van der Waals surface area contributed by atoms with E-state index in [2.05, 4.69) is 5.32 Å². The van der Waals surface area contributed by atoms with Crippen LogP contribution in [0.1, 0.15) is 49.8 Å². The summed E-state index contributed by atoms with van der Waals surface area (Å²) in [6.07, 6.45) is 7.36. The van der Waals surface area contributed by atoms with Crippen molar-refractivity contribution in [3.8, 4) is 5.75 Å². The van der Waals surface area contributed by atoms with Crippen molar-refractivity contribution in [3.63, 3.8) is 0 Å². The number of furan rings is 1. The quantitative estimate of drug-likeness (QED) is 0.816. The average Bonchev–Trinajstić information content (AvgIpc) is 3.30. The number of esters is 1. The zero-order chi connectivity index (χ0) is 18.9. The first-order valence-electron chi connectivity index (χ1n) is 9.68. The molecule has 27 heavy (non-hydrogen) atoms. The first-order chi connectivity index (χ1) is 13.1. The lowest BCUT2D eigenvalue weighted by Crippen LogP contribution is -2.54. The molecule has 6 heteroatoms. The summed E-state index contributed by atoms with van der Waals surface area (Å²) < 4.78 is 16.5. The lowest BCUT2D eigenvalue weighted by atomic mass is 9.96. The van der Waals surface area contributed by atoms with Crippen LogP contribution in [0.25, 0.3) is 11.0 Å². The van der Waals surface area contributed by atoms with Crippen LogP contribution in [0.5, 0.6) is 5.75 Å². The SMILES string of the molecule is COC(=O)C1(NC(=O)COc2ccc3oc4c(c3c2)CCCC4)CCCC1. The standard InChI is InChI=1S/C21H25NO5/c1-25-20(24)21(10-4-5-11-21)22-19(23)13-26-14-8-9-18-16(12-14)15-6-2-3-7-17(15)27-18/h8-9,12H,2-7,10-11,13H2,1H3,(H,22,23). The van der Waals surface area contributed by atoms with Crippen LogP contribution in [-0.2, 0) is 27.2 Å². The summed E-state index contributed by atoms with van der Waals surface area (Å²) in [5.41, 5.74) is 1.24. The van der Waals surface area contributed by atoms with Crippen molar-refractivity contribution in [1.29, 1.82) is 0 Å². The zero-order valence-electron chi connectivity index (χ0n) is 15.6. The number of rotatable bonds is 5. The highest BCUT2D eigenvalue weighted by Gasteiger charge is 2.43. The fourth-order valence-corrected chi connectivity index (χ4v) is 4.34. The molecule has 0 spiro atoms. The number of amides is 1. The second-order valence-electron chi connectivity index (χ2n) is 7.49. The van der Waals surface area contributed by atoms with E-state index in [1.54, 1.807) is 0 Å². The number of hydrogen-bond acceptors (Lipinski definition) is 5. The Balaban J connectivity index is 1.43. The van der Waals surface area contributed by atoms with Crippen LogP contribution in [-0.4, -0.2) is 31.1 Å². The Kier molecular flexibility index (Phi) is 4.81. The van der Waals surface area contributed by atoms with Crippen molar-refractivity contribution < 1.29 is 23.5 Å². The number of aryl methyl sites for hydroxylation is 2. The van der Waals surface area contributed by atoms with E-state index in [1.807, 2.05) is 18.2 Å². The van der Waals surface area contributed by atoms with Crippen molar-refractivity contribution >= 4 is 22.8 Å². The summed E-state index contributed by atoms with van der Waals surface area (Å²) >= 11 is 0. The highest BCUT2D eigenvalue weighted by Crippen LogP contribution is 2.34. The molecule has 0 unspecified atom stereocenters. The van der Waals surface area contributed by atoms with Gasteiger partial charge < -0.3 is 19.2 Å². The minimum absolute atomic E-state index is 0.135. The predicted molar refractivity (Wildman–Crippen MR) is 99.7 cm³/mol. The molecule has 2 aliphatic carbocycles. The van der Waals surface area contributed by atoms with Gasteiger partial charge in [-0.3, -0.25) is 4.79 Å². The van der Waals surface area contributed by atoms with Gasteiger partial charge in [-0.15, -0.1) is 0 Å². The van der Waals surface area contributed by atoms with Crippen LogP contribution >= 0.6 is 0 Å². The summed E-state index contributed by atoms with van der Waals surface area (Å²) in [5.74, 6) is 1.02. The molecule has 1 N–H and O–H groups in total. The number of ether oxygens (including phenoxy) is 2. The van der Waals surface area contributed by atoms with E-state index in [0.717, 1.165) is 48.8 Å². The molecule has 0 radical (unpaired) electrons. The van der Waals surface area contributed by atoms with Crippen LogP contribution < -0.4 is 10.1 Å². The van der Waals surface area contributed by atoms with Crippen LogP contribution in [0.2, 0.25) is 0 Å². The van der Waals surface area contributed by atoms with E-state index >= 15 is 0 Å². The van der Waals surface area contributed by atoms with Crippen LogP contribution in [0.4, 0.5) is 0 Å². The lowest BCUT2D eigenvalue weighted by Gasteiger charge is -2.27. The third kappa shape index (κ3) is 3.40. The Hall–Kier alpha value is -2.50. The average molecular weight is 371 g/mol. The Bertz CT molecular complexity index is 863. The fraction of sp³-hybridized carbons (Fsp3) is 0.524. The summed E-state index contributed by atoms with van der Waals surface area (Å²) in [7, 11) is 1.35. The highest BCUT2D eigenvalue weighted by atomic mass is 16.5. The molecule has 4 rings (SSSR count). The monoisotopic (exact) mass is 371 g/mol. The van der Waals surface area contributed by atoms with E-state index in [-0.39, 0.29) is 18.5 Å². The number of carbonyl (C=O) groups is 2. The van der Waals surface area contributed by atoms with Gasteiger partial charge in [0, 0.05) is 17.4 Å². The second-order valence-corrected chi connectivity index (χ2v) is 7.49. The molecule has 0 saturated heterocycles. The summed E-state index contributed by atoms with van der Waals surface area (Å²) in [4.78, 5) is 24.5. The third-order valence-corrected chi connectivity index (χ3v) is 5.71. The van der Waals surface area contributed by atoms with Gasteiger partial charge in [0.25, 0.3) is 5.91 Å². The maximum absolute atomic E-state index is 12.4. The van der Waals surface area contributed by atoms with Crippen molar-refractivity contribution in [2.45, 2.75) is 56.9 Å². The van der Waals surface area contributed by atoms with Gasteiger partial charge in [0.15, 0.2) is 6.61 Å². The summed E-state index contributed by atoms with van der Waals surface area (Å²) in [6.45, 7) is -0.135. The number of fused-ring (bicyclic) bond motifs is 3. The zero-order valence-corrected chi connectivity index (χ0v) is 15.6. The van der Waals surface area contributed by atoms with Gasteiger partial charge in [0.2, 0.25) is 0 Å². The van der Waals surface area contributed by atoms with E-state index in [0.29, 0.717) is 18.6 Å². The number of carbonyl (C=O) groups excluding carboxylic acids is 2. The van der Waals surface area contributed by atoms with Gasteiger partial charge in [-0.25, -0.2) is 4.79 Å². The Labute approximate surface area is 158 Å². The van der Waals surface area contributed by atoms with Gasteiger partial charge in [-0.05, 0) is 50.3 Å². The minimum Gasteiger partial charge on any atom is -0.484 e. The van der Waals surface area contributed by atoms with Crippen LogP contribution in [0, 0.1) is 0 Å². The second kappa shape index (κ2) is 7.25. The van der Waals surface area contributed by atoms with Crippen LogP contribution in [0.15, 0.2) is 22.6 Å². The van der Waals surface area contributed by atoms with E-state index in [1.165, 1.54) is 19.1 Å².